The number of nitrogens with zero attached hydrogens (tertiary/aromatic N) is 2. The van der Waals surface area contributed by atoms with Crippen molar-refractivity contribution in [2.45, 2.75) is 50.6 Å². The van der Waals surface area contributed by atoms with Crippen molar-refractivity contribution >= 4 is 55.0 Å². The van der Waals surface area contributed by atoms with E-state index < -0.39 is 0 Å². The molecule has 0 saturated heterocycles. The maximum absolute atomic E-state index is 13.9. The molecule has 0 aliphatic carbocycles. The van der Waals surface area contributed by atoms with Gasteiger partial charge in [0.2, 0.25) is 0 Å². The van der Waals surface area contributed by atoms with E-state index in [1.165, 1.54) is 23.1 Å². The lowest BCUT2D eigenvalue weighted by atomic mass is 9.94. The van der Waals surface area contributed by atoms with Crippen molar-refractivity contribution in [1.29, 1.82) is 0 Å². The van der Waals surface area contributed by atoms with Crippen LogP contribution in [0.25, 0.3) is 10.2 Å². The number of carbonyl (C=O) groups excluding carboxylic acids is 1. The van der Waals surface area contributed by atoms with Crippen molar-refractivity contribution in [2.75, 3.05) is 5.75 Å². The average molecular weight is 570 g/mol. The maximum Gasteiger partial charge on any atom is 0.263 e. The molecule has 1 aliphatic heterocycles. The topological polar surface area (TPSA) is 61.2 Å². The third kappa shape index (κ3) is 5.31. The van der Waals surface area contributed by atoms with Crippen LogP contribution in [0.5, 0.6) is 0 Å². The fraction of sp³-hybridized carbons (Fsp3) is 0.296. The fourth-order valence-corrected chi connectivity index (χ4v) is 6.58. The number of halogens is 1. The Morgan fingerprint density at radius 2 is 1.91 bits per heavy atom. The summed E-state index contributed by atoms with van der Waals surface area (Å²) in [5.74, 6) is 0.221. The SMILES string of the molecule is CC1(C)Cc2c(sc3nc(SCC(=O)c4ccc(Br)cc4)n(CCc4ccccc4)c(=O)c23)CO1. The second-order valence-corrected chi connectivity index (χ2v) is 12.2. The molecule has 4 aromatic rings. The molecule has 35 heavy (non-hydrogen) atoms. The first-order valence-corrected chi connectivity index (χ1v) is 14.0. The number of Topliss-reactive ketones (excluding diaryl/α,β-unsaturated/α-hetero) is 1. The summed E-state index contributed by atoms with van der Waals surface area (Å²) in [7, 11) is 0. The molecule has 0 spiro atoms. The Labute approximate surface area is 220 Å². The van der Waals surface area contributed by atoms with Gasteiger partial charge in [0.15, 0.2) is 10.9 Å². The summed E-state index contributed by atoms with van der Waals surface area (Å²) in [6, 6.07) is 17.4. The van der Waals surface area contributed by atoms with Gasteiger partial charge in [0.1, 0.15) is 4.83 Å². The highest BCUT2D eigenvalue weighted by Crippen LogP contribution is 2.37. The minimum absolute atomic E-state index is 0.00655. The molecule has 0 amide bonds. The Kier molecular flexibility index (Phi) is 6.99. The molecule has 8 heteroatoms. The molecule has 180 valence electrons. The van der Waals surface area contributed by atoms with E-state index in [0.29, 0.717) is 42.1 Å². The standard InChI is InChI=1S/C27H25BrN2O3S2/c1-27(2)14-20-22(15-33-27)35-24-23(20)25(32)30(13-12-17-6-4-3-5-7-17)26(29-24)34-16-21(31)18-8-10-19(28)11-9-18/h3-11H,12-16H2,1-2H3. The van der Waals surface area contributed by atoms with Crippen molar-refractivity contribution < 1.29 is 9.53 Å². The fourth-order valence-electron chi connectivity index (χ4n) is 4.25. The molecule has 2 aromatic heterocycles. The van der Waals surface area contributed by atoms with Crippen molar-refractivity contribution in [3.05, 3.63) is 91.0 Å². The molecule has 0 unspecified atom stereocenters. The van der Waals surface area contributed by atoms with E-state index in [-0.39, 0.29) is 22.7 Å². The summed E-state index contributed by atoms with van der Waals surface area (Å²) < 4.78 is 8.67. The molecule has 2 aromatic carbocycles. The Morgan fingerprint density at radius 1 is 1.17 bits per heavy atom. The van der Waals surface area contributed by atoms with Crippen LogP contribution in [0.3, 0.4) is 0 Å². The van der Waals surface area contributed by atoms with Gasteiger partial charge in [-0.1, -0.05) is 70.2 Å². The maximum atomic E-state index is 13.9. The largest absolute Gasteiger partial charge is 0.370 e. The van der Waals surface area contributed by atoms with E-state index in [2.05, 4.69) is 41.9 Å². The number of aromatic nitrogens is 2. The normalized spacial score (nSPS) is 14.7. The number of ether oxygens (including phenoxy) is 1. The average Bonchev–Trinajstić information content (AvgIpc) is 3.19. The number of carbonyl (C=O) groups is 1. The second-order valence-electron chi connectivity index (χ2n) is 9.21. The summed E-state index contributed by atoms with van der Waals surface area (Å²) in [6.45, 7) is 5.11. The summed E-state index contributed by atoms with van der Waals surface area (Å²) in [4.78, 5) is 33.4. The number of rotatable bonds is 7. The van der Waals surface area contributed by atoms with Gasteiger partial charge in [0.05, 0.1) is 23.3 Å². The second kappa shape index (κ2) is 10.0. The molecule has 5 nitrogen and oxygen atoms in total. The van der Waals surface area contributed by atoms with E-state index in [9.17, 15) is 9.59 Å². The van der Waals surface area contributed by atoms with Gasteiger partial charge in [-0.15, -0.1) is 11.3 Å². The van der Waals surface area contributed by atoms with Gasteiger partial charge < -0.3 is 4.74 Å². The summed E-state index contributed by atoms with van der Waals surface area (Å²) >= 11 is 6.27. The van der Waals surface area contributed by atoms with Crippen molar-refractivity contribution in [2.24, 2.45) is 0 Å². The monoisotopic (exact) mass is 568 g/mol. The Morgan fingerprint density at radius 3 is 2.66 bits per heavy atom. The predicted octanol–water partition coefficient (Wildman–Crippen LogP) is 6.29. The van der Waals surface area contributed by atoms with Gasteiger partial charge in [0.25, 0.3) is 5.56 Å². The van der Waals surface area contributed by atoms with E-state index in [1.54, 1.807) is 16.7 Å². The lowest BCUT2D eigenvalue weighted by Crippen LogP contribution is -2.32. The van der Waals surface area contributed by atoms with Crippen LogP contribution in [0.15, 0.2) is 69.0 Å². The first-order chi connectivity index (χ1) is 16.8. The molecule has 0 atom stereocenters. The minimum Gasteiger partial charge on any atom is -0.370 e. The number of thioether (sulfide) groups is 1. The Bertz CT molecular complexity index is 1440. The zero-order chi connectivity index (χ0) is 24.6. The molecule has 5 rings (SSSR count). The van der Waals surface area contributed by atoms with Crippen LogP contribution in [0.4, 0.5) is 0 Å². The third-order valence-corrected chi connectivity index (χ3v) is 8.73. The highest BCUT2D eigenvalue weighted by molar-refractivity contribution is 9.10. The van der Waals surface area contributed by atoms with Gasteiger partial charge in [-0.2, -0.15) is 0 Å². The van der Waals surface area contributed by atoms with E-state index in [0.717, 1.165) is 25.3 Å². The van der Waals surface area contributed by atoms with Crippen LogP contribution in [-0.2, 0) is 30.7 Å². The minimum atomic E-state index is -0.313. The molecule has 1 aliphatic rings. The predicted molar refractivity (Wildman–Crippen MR) is 146 cm³/mol. The molecular weight excluding hydrogens is 544 g/mol. The molecule has 0 radical (unpaired) electrons. The van der Waals surface area contributed by atoms with Crippen LogP contribution in [0.1, 0.15) is 40.2 Å². The Hall–Kier alpha value is -2.26. The van der Waals surface area contributed by atoms with E-state index in [4.69, 9.17) is 9.72 Å². The molecule has 0 saturated carbocycles. The molecule has 0 bridgehead atoms. The van der Waals surface area contributed by atoms with Gasteiger partial charge in [-0.25, -0.2) is 4.98 Å². The van der Waals surface area contributed by atoms with Crippen LogP contribution >= 0.6 is 39.0 Å². The lowest BCUT2D eigenvalue weighted by Gasteiger charge is -2.29. The molecule has 0 fully saturated rings. The van der Waals surface area contributed by atoms with Crippen molar-refractivity contribution in [3.8, 4) is 0 Å². The van der Waals surface area contributed by atoms with Gasteiger partial charge in [0, 0.05) is 27.9 Å². The zero-order valence-electron chi connectivity index (χ0n) is 19.5. The van der Waals surface area contributed by atoms with E-state index >= 15 is 0 Å². The van der Waals surface area contributed by atoms with E-state index in [1.807, 2.05) is 30.3 Å². The number of hydrogen-bond acceptors (Lipinski definition) is 6. The summed E-state index contributed by atoms with van der Waals surface area (Å²) in [5.41, 5.74) is 2.52. The van der Waals surface area contributed by atoms with Crippen LogP contribution < -0.4 is 5.56 Å². The third-order valence-electron chi connectivity index (χ3n) is 6.12. The molecule has 0 N–H and O–H groups in total. The van der Waals surface area contributed by atoms with Crippen molar-refractivity contribution in [1.82, 2.24) is 9.55 Å². The number of thiophene rings is 1. The number of benzene rings is 2. The Balaban J connectivity index is 1.51. The number of fused-ring (bicyclic) bond motifs is 3. The van der Waals surface area contributed by atoms with Crippen LogP contribution in [-0.4, -0.2) is 26.7 Å². The highest BCUT2D eigenvalue weighted by atomic mass is 79.9. The number of aryl methyl sites for hydroxylation is 1. The van der Waals surface area contributed by atoms with Gasteiger partial charge in [-0.05, 0) is 43.5 Å². The number of ketones is 1. The quantitative estimate of drug-likeness (QED) is 0.149. The highest BCUT2D eigenvalue weighted by Gasteiger charge is 2.31. The lowest BCUT2D eigenvalue weighted by molar-refractivity contribution is -0.0379. The van der Waals surface area contributed by atoms with Gasteiger partial charge >= 0.3 is 0 Å². The smallest absolute Gasteiger partial charge is 0.263 e. The first kappa shape index (κ1) is 24.4. The van der Waals surface area contributed by atoms with Crippen molar-refractivity contribution in [3.63, 3.8) is 0 Å². The zero-order valence-corrected chi connectivity index (χ0v) is 22.8. The van der Waals surface area contributed by atoms with Crippen LogP contribution in [0.2, 0.25) is 0 Å². The van der Waals surface area contributed by atoms with Gasteiger partial charge in [-0.3, -0.25) is 14.2 Å². The summed E-state index contributed by atoms with van der Waals surface area (Å²) in [5, 5.41) is 1.29. The molecular formula is C27H25BrN2O3S2. The number of hydrogen-bond donors (Lipinski definition) is 0. The molecule has 3 heterocycles. The first-order valence-electron chi connectivity index (χ1n) is 11.5. The summed E-state index contributed by atoms with van der Waals surface area (Å²) in [6.07, 6.45) is 1.40. The van der Waals surface area contributed by atoms with Crippen LogP contribution in [0, 0.1) is 0 Å².